The molecule has 0 saturated carbocycles. The summed E-state index contributed by atoms with van der Waals surface area (Å²) in [5.41, 5.74) is 5.35. The number of nitro benzene ring substituents is 1. The van der Waals surface area contributed by atoms with Crippen molar-refractivity contribution in [2.75, 3.05) is 12.0 Å². The standard InChI is InChI=1S/C50H40N6O5S2/c1-30-14-22-34(23-15-30)51-45-43(47(57)53(49(51)62)36-26-18-32(3)19-27-36)42(38-10-6-7-11-39(38)56(59)60)44-46(55(45)40-12-8-9-13-41(40)61-5)52(35-24-16-31(2)17-25-35)50(63)54(48(44)58)37-28-20-33(4)21-29-37/h6-29,42H,1-5H3. The van der Waals surface area contributed by atoms with Crippen LogP contribution in [-0.4, -0.2) is 30.3 Å². The van der Waals surface area contributed by atoms with Gasteiger partial charge in [-0.1, -0.05) is 101 Å². The highest BCUT2D eigenvalue weighted by atomic mass is 32.1. The van der Waals surface area contributed by atoms with Crippen LogP contribution in [0.2, 0.25) is 0 Å². The highest BCUT2D eigenvalue weighted by Crippen LogP contribution is 2.53. The molecular formula is C50H40N6O5S2. The Hall–Kier alpha value is -7.48. The minimum absolute atomic E-state index is 0.0672. The van der Waals surface area contributed by atoms with Gasteiger partial charge in [0.2, 0.25) is 0 Å². The Labute approximate surface area is 372 Å². The second-order valence-corrected chi connectivity index (χ2v) is 16.3. The molecule has 11 nitrogen and oxygen atoms in total. The van der Waals surface area contributed by atoms with Gasteiger partial charge in [-0.3, -0.25) is 42.9 Å². The molecular weight excluding hydrogens is 829 g/mol. The predicted octanol–water partition coefficient (Wildman–Crippen LogP) is 11.1. The molecule has 0 saturated heterocycles. The molecule has 3 heterocycles. The number of ether oxygens (including phenoxy) is 1. The second-order valence-electron chi connectivity index (χ2n) is 15.6. The highest BCUT2D eigenvalue weighted by molar-refractivity contribution is 7.71. The van der Waals surface area contributed by atoms with Crippen LogP contribution in [-0.2, 0) is 0 Å². The molecule has 0 aliphatic carbocycles. The number of nitro groups is 1. The van der Waals surface area contributed by atoms with E-state index in [1.807, 2.05) is 148 Å². The van der Waals surface area contributed by atoms with Crippen LogP contribution in [0.25, 0.3) is 22.7 Å². The van der Waals surface area contributed by atoms with Crippen molar-refractivity contribution in [2.45, 2.75) is 33.6 Å². The first-order chi connectivity index (χ1) is 30.4. The third-order valence-corrected chi connectivity index (χ3v) is 12.2. The molecule has 0 spiro atoms. The fraction of sp³-hybridized carbons (Fsp3) is 0.120. The van der Waals surface area contributed by atoms with E-state index in [4.69, 9.17) is 29.2 Å². The third-order valence-electron chi connectivity index (χ3n) is 11.5. The Kier molecular flexibility index (Phi) is 10.4. The summed E-state index contributed by atoms with van der Waals surface area (Å²) in [6, 6.07) is 43.8. The van der Waals surface area contributed by atoms with Crippen molar-refractivity contribution in [3.05, 3.63) is 225 Å². The normalized spacial score (nSPS) is 12.2. The van der Waals surface area contributed by atoms with Gasteiger partial charge in [-0.25, -0.2) is 0 Å². The van der Waals surface area contributed by atoms with Crippen LogP contribution in [0, 0.1) is 47.4 Å². The van der Waals surface area contributed by atoms with Gasteiger partial charge in [-0.15, -0.1) is 0 Å². The lowest BCUT2D eigenvalue weighted by atomic mass is 9.82. The minimum atomic E-state index is -1.35. The number of fused-ring (bicyclic) bond motifs is 2. The average Bonchev–Trinajstić information content (AvgIpc) is 3.28. The SMILES string of the molecule is COc1ccccc1N1c2c(c(=O)n(-c3ccc(C)cc3)c(=S)n2-c2ccc(C)cc2)C(c2ccccc2[N+](=O)[O-])c2c1n(-c1ccc(C)cc1)c(=S)n(-c1ccc(C)cc1)c2=O. The number of hydrogen-bond donors (Lipinski definition) is 0. The van der Waals surface area contributed by atoms with Crippen LogP contribution >= 0.6 is 24.4 Å². The van der Waals surface area contributed by atoms with E-state index in [1.165, 1.54) is 15.2 Å². The topological polar surface area (TPSA) is 109 Å². The molecule has 9 rings (SSSR count). The van der Waals surface area contributed by atoms with Crippen LogP contribution in [0.4, 0.5) is 23.0 Å². The van der Waals surface area contributed by atoms with Gasteiger partial charge >= 0.3 is 0 Å². The number of rotatable bonds is 8. The lowest BCUT2D eigenvalue weighted by molar-refractivity contribution is -0.385. The number of para-hydroxylation sites is 3. The summed E-state index contributed by atoms with van der Waals surface area (Å²) < 4.78 is 12.8. The fourth-order valence-electron chi connectivity index (χ4n) is 8.37. The molecule has 0 atom stereocenters. The molecule has 0 bridgehead atoms. The van der Waals surface area contributed by atoms with E-state index in [0.717, 1.165) is 22.3 Å². The van der Waals surface area contributed by atoms with Gasteiger partial charge in [0.15, 0.2) is 9.54 Å². The third kappa shape index (κ3) is 6.82. The van der Waals surface area contributed by atoms with Crippen LogP contribution in [0.5, 0.6) is 5.75 Å². The van der Waals surface area contributed by atoms with Crippen molar-refractivity contribution in [1.29, 1.82) is 0 Å². The molecule has 0 N–H and O–H groups in total. The van der Waals surface area contributed by atoms with Crippen molar-refractivity contribution in [2.24, 2.45) is 0 Å². The molecule has 0 radical (unpaired) electrons. The van der Waals surface area contributed by atoms with Gasteiger partial charge in [-0.05, 0) is 113 Å². The lowest BCUT2D eigenvalue weighted by Gasteiger charge is -2.40. The highest BCUT2D eigenvalue weighted by Gasteiger charge is 2.45. The van der Waals surface area contributed by atoms with E-state index in [0.29, 0.717) is 34.2 Å². The van der Waals surface area contributed by atoms with Gasteiger partial charge in [0, 0.05) is 23.0 Å². The average molecular weight is 869 g/mol. The molecule has 6 aromatic carbocycles. The molecule has 312 valence electrons. The van der Waals surface area contributed by atoms with Gasteiger partial charge in [-0.2, -0.15) is 0 Å². The molecule has 0 amide bonds. The number of hydrogen-bond acceptors (Lipinski definition) is 8. The van der Waals surface area contributed by atoms with Gasteiger partial charge in [0.1, 0.15) is 17.4 Å². The molecule has 1 aliphatic rings. The van der Waals surface area contributed by atoms with Crippen molar-refractivity contribution >= 4 is 47.4 Å². The number of anilines is 3. The molecule has 1 aliphatic heterocycles. The van der Waals surface area contributed by atoms with Crippen LogP contribution in [0.15, 0.2) is 155 Å². The van der Waals surface area contributed by atoms with E-state index in [2.05, 4.69) is 0 Å². The molecule has 2 aromatic heterocycles. The van der Waals surface area contributed by atoms with Crippen molar-refractivity contribution in [1.82, 2.24) is 18.3 Å². The first kappa shape index (κ1) is 40.9. The van der Waals surface area contributed by atoms with Crippen LogP contribution in [0.1, 0.15) is 44.9 Å². The summed E-state index contributed by atoms with van der Waals surface area (Å²) in [4.78, 5) is 46.6. The summed E-state index contributed by atoms with van der Waals surface area (Å²) in [5.74, 6) is -0.442. The molecule has 13 heteroatoms. The summed E-state index contributed by atoms with van der Waals surface area (Å²) >= 11 is 12.9. The smallest absolute Gasteiger partial charge is 0.273 e. The van der Waals surface area contributed by atoms with E-state index < -0.39 is 22.0 Å². The Morgan fingerprint density at radius 2 is 0.889 bits per heavy atom. The maximum atomic E-state index is 16.0. The summed E-state index contributed by atoms with van der Waals surface area (Å²) in [6.45, 7) is 7.84. The zero-order valence-corrected chi connectivity index (χ0v) is 36.6. The zero-order valence-electron chi connectivity index (χ0n) is 35.0. The summed E-state index contributed by atoms with van der Waals surface area (Å²) in [7, 11) is 1.55. The zero-order chi connectivity index (χ0) is 44.3. The Morgan fingerprint density at radius 1 is 0.524 bits per heavy atom. The maximum absolute atomic E-state index is 16.0. The predicted molar refractivity (Wildman–Crippen MR) is 252 cm³/mol. The Morgan fingerprint density at radius 3 is 1.29 bits per heavy atom. The fourth-order valence-corrected chi connectivity index (χ4v) is 9.13. The van der Waals surface area contributed by atoms with Crippen molar-refractivity contribution in [3.8, 4) is 28.5 Å². The molecule has 63 heavy (non-hydrogen) atoms. The number of benzene rings is 6. The number of aryl methyl sites for hydroxylation is 4. The largest absolute Gasteiger partial charge is 0.495 e. The van der Waals surface area contributed by atoms with E-state index in [-0.39, 0.29) is 43.6 Å². The van der Waals surface area contributed by atoms with Crippen molar-refractivity contribution in [3.63, 3.8) is 0 Å². The van der Waals surface area contributed by atoms with E-state index in [1.54, 1.807) is 40.5 Å². The molecule has 8 aromatic rings. The first-order valence-electron chi connectivity index (χ1n) is 20.2. The van der Waals surface area contributed by atoms with Crippen molar-refractivity contribution < 1.29 is 9.66 Å². The number of aromatic nitrogens is 4. The molecule has 0 fully saturated rings. The Bertz CT molecular complexity index is 3200. The molecule has 0 unspecified atom stereocenters. The van der Waals surface area contributed by atoms with Gasteiger partial charge < -0.3 is 4.74 Å². The number of nitrogens with zero attached hydrogens (tertiary/aromatic N) is 6. The van der Waals surface area contributed by atoms with Gasteiger partial charge in [0.05, 0.1) is 46.1 Å². The van der Waals surface area contributed by atoms with Crippen LogP contribution in [0.3, 0.4) is 0 Å². The quantitative estimate of drug-likeness (QED) is 0.0844. The first-order valence-corrected chi connectivity index (χ1v) is 21.0. The van der Waals surface area contributed by atoms with Gasteiger partial charge in [0.25, 0.3) is 16.8 Å². The monoisotopic (exact) mass is 868 g/mol. The van der Waals surface area contributed by atoms with Crippen LogP contribution < -0.4 is 20.8 Å². The minimum Gasteiger partial charge on any atom is -0.495 e. The lowest BCUT2D eigenvalue weighted by Crippen LogP contribution is -2.42. The van der Waals surface area contributed by atoms with E-state index in [9.17, 15) is 10.1 Å². The summed E-state index contributed by atoms with van der Waals surface area (Å²) in [5, 5.41) is 13.2. The Balaban J connectivity index is 1.61. The number of methoxy groups -OCH3 is 1. The summed E-state index contributed by atoms with van der Waals surface area (Å²) in [6.07, 6.45) is 0. The van der Waals surface area contributed by atoms with E-state index >= 15 is 9.59 Å². The second kappa shape index (κ2) is 16.1. The maximum Gasteiger partial charge on any atom is 0.273 e.